The first-order chi connectivity index (χ1) is 14.5. The summed E-state index contributed by atoms with van der Waals surface area (Å²) in [5, 5.41) is 2.76. The number of halogens is 2. The lowest BCUT2D eigenvalue weighted by Gasteiger charge is -2.11. The molecule has 4 rings (SSSR count). The number of aromatic nitrogens is 2. The van der Waals surface area contributed by atoms with Gasteiger partial charge in [-0.3, -0.25) is 4.79 Å². The molecule has 4 aromatic rings. The van der Waals surface area contributed by atoms with E-state index in [1.807, 2.05) is 12.1 Å². The van der Waals surface area contributed by atoms with E-state index < -0.39 is 12.2 Å². The van der Waals surface area contributed by atoms with Crippen LogP contribution in [0.25, 0.3) is 11.0 Å². The monoisotopic (exact) mass is 409 g/mol. The van der Waals surface area contributed by atoms with Crippen LogP contribution in [-0.2, 0) is 0 Å². The number of nitrogens with zero attached hydrogens (tertiary/aromatic N) is 1. The first kappa shape index (κ1) is 19.4. The highest BCUT2D eigenvalue weighted by molar-refractivity contribution is 6.05. The van der Waals surface area contributed by atoms with E-state index in [-0.39, 0.29) is 5.91 Å². The molecule has 0 aliphatic heterocycles. The Morgan fingerprint density at radius 3 is 2.47 bits per heavy atom. The second-order valence-corrected chi connectivity index (χ2v) is 6.39. The van der Waals surface area contributed by atoms with Gasteiger partial charge in [-0.05, 0) is 54.6 Å². The largest absolute Gasteiger partial charge is 0.493 e. The van der Waals surface area contributed by atoms with Crippen molar-refractivity contribution in [1.82, 2.24) is 9.97 Å². The van der Waals surface area contributed by atoms with Crippen LogP contribution < -0.4 is 14.8 Å². The van der Waals surface area contributed by atoms with Crippen molar-refractivity contribution in [3.8, 4) is 17.2 Å². The van der Waals surface area contributed by atoms with Crippen LogP contribution in [0.1, 0.15) is 22.6 Å². The molecule has 30 heavy (non-hydrogen) atoms. The van der Waals surface area contributed by atoms with Crippen molar-refractivity contribution in [1.29, 1.82) is 0 Å². The zero-order chi connectivity index (χ0) is 21.1. The number of anilines is 1. The molecule has 0 spiro atoms. The van der Waals surface area contributed by atoms with Crippen molar-refractivity contribution in [2.24, 2.45) is 0 Å². The molecule has 2 N–H and O–H groups in total. The summed E-state index contributed by atoms with van der Waals surface area (Å²) in [7, 11) is 1.57. The molecule has 1 heterocycles. The van der Waals surface area contributed by atoms with Crippen LogP contribution in [0.3, 0.4) is 0 Å². The van der Waals surface area contributed by atoms with Gasteiger partial charge < -0.3 is 19.8 Å². The molecular formula is C22H17F2N3O3. The zero-order valence-corrected chi connectivity index (χ0v) is 15.9. The van der Waals surface area contributed by atoms with E-state index in [1.54, 1.807) is 43.5 Å². The Hall–Kier alpha value is -3.94. The van der Waals surface area contributed by atoms with Crippen molar-refractivity contribution in [3.05, 3.63) is 78.1 Å². The predicted molar refractivity (Wildman–Crippen MR) is 109 cm³/mol. The SMILES string of the molecule is COc1ccccc1Oc1ccc(NC(=O)c2ccc3nc(C(F)F)[nH]c3c2)cc1. The van der Waals surface area contributed by atoms with Crippen molar-refractivity contribution < 1.29 is 23.0 Å². The normalized spacial score (nSPS) is 10.9. The standard InChI is InChI=1S/C22H17F2N3O3/c1-29-18-4-2-3-5-19(18)30-15-9-7-14(8-10-15)25-22(28)13-6-11-16-17(12-13)27-21(26-16)20(23)24/h2-12,20H,1H3,(H,25,28)(H,26,27). The molecule has 0 atom stereocenters. The molecule has 0 unspecified atom stereocenters. The van der Waals surface area contributed by atoms with Crippen molar-refractivity contribution in [3.63, 3.8) is 0 Å². The van der Waals surface area contributed by atoms with Gasteiger partial charge in [-0.1, -0.05) is 12.1 Å². The summed E-state index contributed by atoms with van der Waals surface area (Å²) < 4.78 is 36.6. The number of ether oxygens (including phenoxy) is 2. The molecule has 6 nitrogen and oxygen atoms in total. The van der Waals surface area contributed by atoms with Crippen LogP contribution in [-0.4, -0.2) is 23.0 Å². The summed E-state index contributed by atoms with van der Waals surface area (Å²) in [6.07, 6.45) is -2.70. The minimum Gasteiger partial charge on any atom is -0.493 e. The number of benzene rings is 3. The Morgan fingerprint density at radius 2 is 1.77 bits per heavy atom. The Labute approximate surface area is 170 Å². The van der Waals surface area contributed by atoms with Crippen LogP contribution in [0.15, 0.2) is 66.7 Å². The highest BCUT2D eigenvalue weighted by Gasteiger charge is 2.14. The second-order valence-electron chi connectivity index (χ2n) is 6.39. The zero-order valence-electron chi connectivity index (χ0n) is 15.9. The number of hydrogen-bond donors (Lipinski definition) is 2. The summed E-state index contributed by atoms with van der Waals surface area (Å²) >= 11 is 0. The lowest BCUT2D eigenvalue weighted by atomic mass is 10.2. The van der Waals surface area contributed by atoms with Crippen molar-refractivity contribution >= 4 is 22.6 Å². The fourth-order valence-corrected chi connectivity index (χ4v) is 2.91. The molecule has 1 aromatic heterocycles. The third-order valence-corrected chi connectivity index (χ3v) is 4.38. The number of carbonyl (C=O) groups excluding carboxylic acids is 1. The molecule has 1 amide bonds. The van der Waals surface area contributed by atoms with E-state index in [0.29, 0.717) is 39.5 Å². The highest BCUT2D eigenvalue weighted by atomic mass is 19.3. The van der Waals surface area contributed by atoms with Gasteiger partial charge in [0.05, 0.1) is 18.1 Å². The summed E-state index contributed by atoms with van der Waals surface area (Å²) in [6, 6.07) is 18.7. The topological polar surface area (TPSA) is 76.2 Å². The Bertz CT molecular complexity index is 1190. The van der Waals surface area contributed by atoms with E-state index in [0.717, 1.165) is 0 Å². The number of H-pyrrole nitrogens is 1. The molecule has 0 fully saturated rings. The van der Waals surface area contributed by atoms with Gasteiger partial charge in [0.1, 0.15) is 5.75 Å². The molecule has 8 heteroatoms. The summed E-state index contributed by atoms with van der Waals surface area (Å²) in [4.78, 5) is 18.8. The number of nitrogens with one attached hydrogen (secondary N) is 2. The van der Waals surface area contributed by atoms with E-state index in [9.17, 15) is 13.6 Å². The maximum atomic E-state index is 12.8. The quantitative estimate of drug-likeness (QED) is 0.438. The maximum absolute atomic E-state index is 12.8. The number of fused-ring (bicyclic) bond motifs is 1. The second kappa shape index (κ2) is 8.20. The van der Waals surface area contributed by atoms with Gasteiger partial charge in [-0.25, -0.2) is 13.8 Å². The summed E-state index contributed by atoms with van der Waals surface area (Å²) in [5.74, 6) is 0.972. The smallest absolute Gasteiger partial charge is 0.295 e. The van der Waals surface area contributed by atoms with Crippen molar-refractivity contribution in [2.75, 3.05) is 12.4 Å². The van der Waals surface area contributed by atoms with Crippen LogP contribution in [0.2, 0.25) is 0 Å². The third-order valence-electron chi connectivity index (χ3n) is 4.38. The first-order valence-corrected chi connectivity index (χ1v) is 9.03. The fraction of sp³-hybridized carbons (Fsp3) is 0.0909. The lowest BCUT2D eigenvalue weighted by Crippen LogP contribution is -2.11. The molecule has 0 radical (unpaired) electrons. The number of carbonyl (C=O) groups is 1. The number of hydrogen-bond acceptors (Lipinski definition) is 4. The molecule has 3 aromatic carbocycles. The molecule has 0 saturated carbocycles. The molecule has 0 saturated heterocycles. The minimum absolute atomic E-state index is 0.321. The Kier molecular flexibility index (Phi) is 5.30. The fourth-order valence-electron chi connectivity index (χ4n) is 2.91. The van der Waals surface area contributed by atoms with Gasteiger partial charge in [0.25, 0.3) is 12.3 Å². The van der Waals surface area contributed by atoms with Crippen LogP contribution >= 0.6 is 0 Å². The highest BCUT2D eigenvalue weighted by Crippen LogP contribution is 2.31. The van der Waals surface area contributed by atoms with E-state index in [1.165, 1.54) is 18.2 Å². The lowest BCUT2D eigenvalue weighted by molar-refractivity contribution is 0.102. The summed E-state index contributed by atoms with van der Waals surface area (Å²) in [6.45, 7) is 0. The average Bonchev–Trinajstić information content (AvgIpc) is 3.19. The van der Waals surface area contributed by atoms with Gasteiger partial charge in [0.15, 0.2) is 17.3 Å². The maximum Gasteiger partial charge on any atom is 0.295 e. The van der Waals surface area contributed by atoms with Gasteiger partial charge in [-0.2, -0.15) is 0 Å². The van der Waals surface area contributed by atoms with E-state index in [4.69, 9.17) is 9.47 Å². The minimum atomic E-state index is -2.70. The number of alkyl halides is 2. The van der Waals surface area contributed by atoms with E-state index in [2.05, 4.69) is 15.3 Å². The van der Waals surface area contributed by atoms with Crippen LogP contribution in [0, 0.1) is 0 Å². The number of methoxy groups -OCH3 is 1. The number of imidazole rings is 1. The van der Waals surface area contributed by atoms with E-state index >= 15 is 0 Å². The first-order valence-electron chi connectivity index (χ1n) is 9.03. The number of rotatable bonds is 6. The molecule has 152 valence electrons. The van der Waals surface area contributed by atoms with Crippen LogP contribution in [0.5, 0.6) is 17.2 Å². The summed E-state index contributed by atoms with van der Waals surface area (Å²) in [5.41, 5.74) is 1.63. The Balaban J connectivity index is 1.46. The van der Waals surface area contributed by atoms with Crippen molar-refractivity contribution in [2.45, 2.75) is 6.43 Å². The molecule has 0 aliphatic rings. The van der Waals surface area contributed by atoms with Gasteiger partial charge >= 0.3 is 0 Å². The predicted octanol–water partition coefficient (Wildman–Crippen LogP) is 5.55. The molecule has 0 aliphatic carbocycles. The number of para-hydroxylation sites is 2. The van der Waals surface area contributed by atoms with Gasteiger partial charge in [0.2, 0.25) is 0 Å². The third kappa shape index (κ3) is 4.07. The van der Waals surface area contributed by atoms with Crippen LogP contribution in [0.4, 0.5) is 14.5 Å². The van der Waals surface area contributed by atoms with Gasteiger partial charge in [-0.15, -0.1) is 0 Å². The number of aromatic amines is 1. The average molecular weight is 409 g/mol. The Morgan fingerprint density at radius 1 is 1.03 bits per heavy atom. The molecular weight excluding hydrogens is 392 g/mol. The number of amides is 1. The molecule has 0 bridgehead atoms. The van der Waals surface area contributed by atoms with Gasteiger partial charge in [0, 0.05) is 11.3 Å².